The van der Waals surface area contributed by atoms with Gasteiger partial charge in [0, 0.05) is 27.4 Å². The lowest BCUT2D eigenvalue weighted by atomic mass is 10.1. The van der Waals surface area contributed by atoms with E-state index in [1.165, 1.54) is 24.4 Å². The van der Waals surface area contributed by atoms with Gasteiger partial charge in [0.2, 0.25) is 0 Å². The van der Waals surface area contributed by atoms with Crippen LogP contribution in [0.5, 0.6) is 5.75 Å². The highest BCUT2D eigenvalue weighted by Crippen LogP contribution is 2.29. The Bertz CT molecular complexity index is 1150. The fraction of sp³-hybridized carbons (Fsp3) is 0.0455. The largest absolute Gasteiger partial charge is 0.506 e. The van der Waals surface area contributed by atoms with Crippen molar-refractivity contribution in [2.24, 2.45) is 5.10 Å². The number of aryl methyl sites for hydroxylation is 1. The number of aromatic hydroxyl groups is 1. The number of carbonyl (C=O) groups excluding carboxylic acids is 2. The molecule has 0 aliphatic rings. The number of benzene rings is 3. The lowest BCUT2D eigenvalue weighted by Gasteiger charge is -2.08. The zero-order valence-corrected chi connectivity index (χ0v) is 17.3. The monoisotopic (exact) mass is 441 g/mol. The lowest BCUT2D eigenvalue weighted by Crippen LogP contribution is -2.18. The number of phenolic OH excluding ortho intramolecular Hbond substituents is 1. The normalized spacial score (nSPS) is 10.8. The van der Waals surface area contributed by atoms with E-state index in [1.54, 1.807) is 36.4 Å². The van der Waals surface area contributed by atoms with Crippen LogP contribution in [0.15, 0.2) is 65.8 Å². The number of phenols is 1. The van der Waals surface area contributed by atoms with Crippen LogP contribution >= 0.6 is 23.2 Å². The molecule has 6 nitrogen and oxygen atoms in total. The van der Waals surface area contributed by atoms with Crippen molar-refractivity contribution in [3.8, 4) is 5.75 Å². The SMILES string of the molecule is Cc1cccc(C(=O)Nc2cccc(C(=O)N/N=C/c3cc(Cl)cc(Cl)c3O)c2)c1. The molecule has 3 aromatic rings. The second kappa shape index (κ2) is 9.43. The van der Waals surface area contributed by atoms with Crippen molar-refractivity contribution in [1.29, 1.82) is 0 Å². The number of carbonyl (C=O) groups is 2. The second-order valence-corrected chi connectivity index (χ2v) is 7.27. The van der Waals surface area contributed by atoms with Crippen molar-refractivity contribution >= 4 is 46.9 Å². The van der Waals surface area contributed by atoms with Crippen LogP contribution in [0.4, 0.5) is 5.69 Å². The van der Waals surface area contributed by atoms with Gasteiger partial charge in [-0.2, -0.15) is 5.10 Å². The van der Waals surface area contributed by atoms with Crippen molar-refractivity contribution < 1.29 is 14.7 Å². The Balaban J connectivity index is 1.68. The molecule has 3 N–H and O–H groups in total. The average Bonchev–Trinajstić information content (AvgIpc) is 2.71. The summed E-state index contributed by atoms with van der Waals surface area (Å²) >= 11 is 11.7. The van der Waals surface area contributed by atoms with E-state index in [4.69, 9.17) is 23.2 Å². The Morgan fingerprint density at radius 2 is 1.67 bits per heavy atom. The summed E-state index contributed by atoms with van der Waals surface area (Å²) in [5, 5.41) is 16.9. The van der Waals surface area contributed by atoms with Gasteiger partial charge in [0.15, 0.2) is 0 Å². The Labute approximate surface area is 183 Å². The molecule has 0 aromatic heterocycles. The van der Waals surface area contributed by atoms with E-state index in [0.717, 1.165) is 5.56 Å². The number of rotatable bonds is 5. The summed E-state index contributed by atoms with van der Waals surface area (Å²) < 4.78 is 0. The predicted octanol–water partition coefficient (Wildman–Crippen LogP) is 5.02. The van der Waals surface area contributed by atoms with Crippen molar-refractivity contribution in [2.75, 3.05) is 5.32 Å². The van der Waals surface area contributed by atoms with Gasteiger partial charge in [-0.15, -0.1) is 0 Å². The molecule has 0 unspecified atom stereocenters. The molecule has 0 saturated carbocycles. The Morgan fingerprint density at radius 3 is 2.40 bits per heavy atom. The first-order chi connectivity index (χ1) is 14.3. The topological polar surface area (TPSA) is 90.8 Å². The van der Waals surface area contributed by atoms with E-state index in [0.29, 0.717) is 21.8 Å². The third-order valence-electron chi connectivity index (χ3n) is 4.09. The number of nitrogens with one attached hydrogen (secondary N) is 2. The molecule has 0 radical (unpaired) electrons. The highest BCUT2D eigenvalue weighted by molar-refractivity contribution is 6.36. The standard InChI is InChI=1S/C22H17Cl2N3O3/c1-13-4-2-5-14(8-13)21(29)26-18-7-3-6-15(10-18)22(30)27-25-12-16-9-17(23)11-19(24)20(16)28/h2-12,28H,1H3,(H,26,29)(H,27,30)/b25-12+. The summed E-state index contributed by atoms with van der Waals surface area (Å²) in [6, 6.07) is 16.5. The molecule has 0 saturated heterocycles. The maximum atomic E-state index is 12.4. The minimum Gasteiger partial charge on any atom is -0.506 e. The molecular formula is C22H17Cl2N3O3. The van der Waals surface area contributed by atoms with Gasteiger partial charge >= 0.3 is 0 Å². The van der Waals surface area contributed by atoms with Crippen LogP contribution in [0.25, 0.3) is 0 Å². The minimum absolute atomic E-state index is 0.0762. The second-order valence-electron chi connectivity index (χ2n) is 6.43. The molecule has 3 aromatic carbocycles. The van der Waals surface area contributed by atoms with Crippen molar-refractivity contribution in [3.05, 3.63) is 93.0 Å². The smallest absolute Gasteiger partial charge is 0.271 e. The number of hydrazone groups is 1. The highest BCUT2D eigenvalue weighted by atomic mass is 35.5. The molecule has 152 valence electrons. The molecule has 0 aliphatic carbocycles. The number of hydrogen-bond acceptors (Lipinski definition) is 4. The van der Waals surface area contributed by atoms with Gasteiger partial charge in [-0.05, 0) is 49.4 Å². The van der Waals surface area contributed by atoms with E-state index in [9.17, 15) is 14.7 Å². The summed E-state index contributed by atoms with van der Waals surface area (Å²) in [5.74, 6) is -0.965. The third-order valence-corrected chi connectivity index (χ3v) is 4.60. The first kappa shape index (κ1) is 21.4. The van der Waals surface area contributed by atoms with Crippen LogP contribution in [-0.2, 0) is 0 Å². The van der Waals surface area contributed by atoms with E-state index in [2.05, 4.69) is 15.8 Å². The lowest BCUT2D eigenvalue weighted by molar-refractivity contribution is 0.0953. The number of anilines is 1. The maximum Gasteiger partial charge on any atom is 0.271 e. The van der Waals surface area contributed by atoms with Gasteiger partial charge in [-0.1, -0.05) is 47.0 Å². The molecule has 0 spiro atoms. The van der Waals surface area contributed by atoms with Crippen molar-refractivity contribution in [2.45, 2.75) is 6.92 Å². The van der Waals surface area contributed by atoms with Crippen LogP contribution in [0.3, 0.4) is 0 Å². The molecule has 30 heavy (non-hydrogen) atoms. The van der Waals surface area contributed by atoms with Crippen LogP contribution in [0, 0.1) is 6.92 Å². The number of amides is 2. The summed E-state index contributed by atoms with van der Waals surface area (Å²) in [7, 11) is 0. The predicted molar refractivity (Wildman–Crippen MR) is 119 cm³/mol. The van der Waals surface area contributed by atoms with Gasteiger partial charge in [-0.3, -0.25) is 9.59 Å². The Hall–Kier alpha value is -3.35. The van der Waals surface area contributed by atoms with Gasteiger partial charge in [0.05, 0.1) is 11.2 Å². The zero-order valence-electron chi connectivity index (χ0n) is 15.8. The Morgan fingerprint density at radius 1 is 0.967 bits per heavy atom. The molecule has 0 aliphatic heterocycles. The van der Waals surface area contributed by atoms with Gasteiger partial charge in [-0.25, -0.2) is 5.43 Å². The van der Waals surface area contributed by atoms with Crippen LogP contribution in [0.2, 0.25) is 10.0 Å². The molecule has 0 atom stereocenters. The van der Waals surface area contributed by atoms with Gasteiger partial charge in [0.25, 0.3) is 11.8 Å². The minimum atomic E-state index is -0.495. The molecule has 3 rings (SSSR count). The maximum absolute atomic E-state index is 12.4. The van der Waals surface area contributed by atoms with Crippen molar-refractivity contribution in [1.82, 2.24) is 5.43 Å². The molecule has 8 heteroatoms. The number of nitrogens with zero attached hydrogens (tertiary/aromatic N) is 1. The summed E-state index contributed by atoms with van der Waals surface area (Å²) in [5.41, 5.74) is 4.87. The number of halogens is 2. The average molecular weight is 442 g/mol. The van der Waals surface area contributed by atoms with Crippen LogP contribution in [-0.4, -0.2) is 23.1 Å². The summed E-state index contributed by atoms with van der Waals surface area (Å²) in [4.78, 5) is 24.7. The van der Waals surface area contributed by atoms with E-state index < -0.39 is 5.91 Å². The van der Waals surface area contributed by atoms with Crippen LogP contribution in [0.1, 0.15) is 31.8 Å². The first-order valence-electron chi connectivity index (χ1n) is 8.83. The molecule has 0 fully saturated rings. The van der Waals surface area contributed by atoms with Gasteiger partial charge in [0.1, 0.15) is 5.75 Å². The van der Waals surface area contributed by atoms with Gasteiger partial charge < -0.3 is 10.4 Å². The molecular weight excluding hydrogens is 425 g/mol. The Kier molecular flexibility index (Phi) is 6.72. The highest BCUT2D eigenvalue weighted by Gasteiger charge is 2.10. The molecule has 0 heterocycles. The fourth-order valence-corrected chi connectivity index (χ4v) is 3.15. The van der Waals surface area contributed by atoms with Crippen molar-refractivity contribution in [3.63, 3.8) is 0 Å². The zero-order chi connectivity index (χ0) is 21.7. The number of hydrogen-bond donors (Lipinski definition) is 3. The van der Waals surface area contributed by atoms with E-state index in [-0.39, 0.29) is 22.2 Å². The molecule has 2 amide bonds. The van der Waals surface area contributed by atoms with E-state index in [1.807, 2.05) is 13.0 Å². The van der Waals surface area contributed by atoms with Crippen LogP contribution < -0.4 is 10.7 Å². The quantitative estimate of drug-likeness (QED) is 0.383. The summed E-state index contributed by atoms with van der Waals surface area (Å²) in [6.07, 6.45) is 1.23. The third kappa shape index (κ3) is 5.37. The fourth-order valence-electron chi connectivity index (χ4n) is 2.64. The summed E-state index contributed by atoms with van der Waals surface area (Å²) in [6.45, 7) is 1.90. The van der Waals surface area contributed by atoms with E-state index >= 15 is 0 Å². The molecule has 0 bridgehead atoms. The first-order valence-corrected chi connectivity index (χ1v) is 9.58.